The molecule has 0 aromatic heterocycles. The van der Waals surface area contributed by atoms with E-state index in [1.54, 1.807) is 0 Å². The molecule has 1 aliphatic heterocycles. The molecular formula is C23H27NO2. The number of likely N-dealkylation sites (tertiary alicyclic amines) is 1. The summed E-state index contributed by atoms with van der Waals surface area (Å²) in [5, 5.41) is 0. The quantitative estimate of drug-likeness (QED) is 0.783. The van der Waals surface area contributed by atoms with Gasteiger partial charge < -0.3 is 4.74 Å². The minimum atomic E-state index is -0.101. The Kier molecular flexibility index (Phi) is 4.82. The average molecular weight is 349 g/mol. The Balaban J connectivity index is 1.68. The van der Waals surface area contributed by atoms with Crippen LogP contribution in [0.2, 0.25) is 0 Å². The molecule has 1 fully saturated rings. The SMILES string of the molecule is CCOC(=O)C1CN(Cc2ccccc2)C[C@]12CCCc1ccccc12. The molecule has 0 amide bonds. The van der Waals surface area contributed by atoms with Gasteiger partial charge in [0, 0.05) is 25.0 Å². The van der Waals surface area contributed by atoms with E-state index in [4.69, 9.17) is 4.74 Å². The number of benzene rings is 2. The highest BCUT2D eigenvalue weighted by Gasteiger charge is 2.53. The summed E-state index contributed by atoms with van der Waals surface area (Å²) in [7, 11) is 0. The van der Waals surface area contributed by atoms with E-state index in [1.807, 2.05) is 13.0 Å². The molecule has 1 heterocycles. The molecule has 2 aliphatic rings. The molecule has 3 heteroatoms. The Morgan fingerprint density at radius 1 is 1.15 bits per heavy atom. The Hall–Kier alpha value is -2.13. The normalized spacial score (nSPS) is 25.2. The van der Waals surface area contributed by atoms with Crippen molar-refractivity contribution in [1.82, 2.24) is 4.90 Å². The number of carbonyl (C=O) groups is 1. The van der Waals surface area contributed by atoms with E-state index in [9.17, 15) is 4.79 Å². The van der Waals surface area contributed by atoms with Gasteiger partial charge in [0.05, 0.1) is 12.5 Å². The first kappa shape index (κ1) is 17.3. The summed E-state index contributed by atoms with van der Waals surface area (Å²) in [4.78, 5) is 15.3. The summed E-state index contributed by atoms with van der Waals surface area (Å²) in [5.41, 5.74) is 3.99. The van der Waals surface area contributed by atoms with Gasteiger partial charge in [-0.3, -0.25) is 9.69 Å². The third-order valence-corrected chi connectivity index (χ3v) is 6.06. The van der Waals surface area contributed by atoms with Gasteiger partial charge in [0.2, 0.25) is 0 Å². The van der Waals surface area contributed by atoms with Crippen LogP contribution >= 0.6 is 0 Å². The Bertz CT molecular complexity index is 773. The van der Waals surface area contributed by atoms with E-state index in [1.165, 1.54) is 16.7 Å². The van der Waals surface area contributed by atoms with Crippen molar-refractivity contribution in [3.63, 3.8) is 0 Å². The lowest BCUT2D eigenvalue weighted by atomic mass is 9.64. The minimum absolute atomic E-state index is 0.0280. The summed E-state index contributed by atoms with van der Waals surface area (Å²) < 4.78 is 5.50. The second-order valence-electron chi connectivity index (χ2n) is 7.63. The maximum Gasteiger partial charge on any atom is 0.311 e. The molecule has 1 spiro atoms. The number of hydrogen-bond donors (Lipinski definition) is 0. The van der Waals surface area contributed by atoms with Gasteiger partial charge in [0.25, 0.3) is 0 Å². The standard InChI is InChI=1S/C23H27NO2/c1-2-26-22(25)21-16-24(15-18-9-4-3-5-10-18)17-23(21)14-8-12-19-11-6-7-13-20(19)23/h3-7,9-11,13,21H,2,8,12,14-17H2,1H3/t21?,23-/m0/s1. The van der Waals surface area contributed by atoms with Crippen LogP contribution in [0.3, 0.4) is 0 Å². The number of aryl methyl sites for hydroxylation is 1. The molecule has 2 atom stereocenters. The van der Waals surface area contributed by atoms with Crippen molar-refractivity contribution in [2.75, 3.05) is 19.7 Å². The van der Waals surface area contributed by atoms with Crippen LogP contribution in [0.15, 0.2) is 54.6 Å². The van der Waals surface area contributed by atoms with Crippen molar-refractivity contribution in [3.05, 3.63) is 71.3 Å². The van der Waals surface area contributed by atoms with Crippen molar-refractivity contribution in [1.29, 1.82) is 0 Å². The lowest BCUT2D eigenvalue weighted by molar-refractivity contribution is -0.149. The predicted octanol–water partition coefficient (Wildman–Crippen LogP) is 3.96. The zero-order chi connectivity index (χ0) is 18.0. The third-order valence-electron chi connectivity index (χ3n) is 6.06. The van der Waals surface area contributed by atoms with Crippen LogP contribution < -0.4 is 0 Å². The van der Waals surface area contributed by atoms with Gasteiger partial charge in [0.15, 0.2) is 0 Å². The summed E-state index contributed by atoms with van der Waals surface area (Å²) in [6.45, 7) is 4.95. The molecule has 1 aliphatic carbocycles. The van der Waals surface area contributed by atoms with Gasteiger partial charge in [-0.1, -0.05) is 54.6 Å². The van der Waals surface area contributed by atoms with Crippen molar-refractivity contribution < 1.29 is 9.53 Å². The number of hydrogen-bond acceptors (Lipinski definition) is 3. The monoisotopic (exact) mass is 349 g/mol. The fraction of sp³-hybridized carbons (Fsp3) is 0.435. The molecule has 136 valence electrons. The first-order valence-corrected chi connectivity index (χ1v) is 9.74. The van der Waals surface area contributed by atoms with Crippen LogP contribution in [-0.4, -0.2) is 30.6 Å². The molecule has 1 unspecified atom stereocenters. The van der Waals surface area contributed by atoms with E-state index in [-0.39, 0.29) is 17.3 Å². The minimum Gasteiger partial charge on any atom is -0.466 e. The van der Waals surface area contributed by atoms with Crippen molar-refractivity contribution >= 4 is 5.97 Å². The van der Waals surface area contributed by atoms with Crippen LogP contribution in [0.1, 0.15) is 36.5 Å². The Morgan fingerprint density at radius 2 is 1.92 bits per heavy atom. The first-order valence-electron chi connectivity index (χ1n) is 9.74. The van der Waals surface area contributed by atoms with Gasteiger partial charge in [-0.15, -0.1) is 0 Å². The zero-order valence-electron chi connectivity index (χ0n) is 15.5. The fourth-order valence-corrected chi connectivity index (χ4v) is 4.99. The predicted molar refractivity (Wildman–Crippen MR) is 103 cm³/mol. The molecule has 2 aromatic carbocycles. The number of carbonyl (C=O) groups excluding carboxylic acids is 1. The van der Waals surface area contributed by atoms with Crippen LogP contribution in [0.5, 0.6) is 0 Å². The average Bonchev–Trinajstić information content (AvgIpc) is 3.02. The summed E-state index contributed by atoms with van der Waals surface area (Å²) >= 11 is 0. The Labute approximate surface area is 156 Å². The maximum atomic E-state index is 12.9. The largest absolute Gasteiger partial charge is 0.466 e. The number of rotatable bonds is 4. The van der Waals surface area contributed by atoms with Crippen LogP contribution in [0, 0.1) is 5.92 Å². The highest BCUT2D eigenvalue weighted by molar-refractivity contribution is 5.76. The maximum absolute atomic E-state index is 12.9. The van der Waals surface area contributed by atoms with Gasteiger partial charge in [-0.25, -0.2) is 0 Å². The number of ether oxygens (including phenoxy) is 1. The van der Waals surface area contributed by atoms with Crippen LogP contribution in [0.25, 0.3) is 0 Å². The molecule has 0 N–H and O–H groups in total. The molecule has 0 bridgehead atoms. The lowest BCUT2D eigenvalue weighted by Crippen LogP contribution is -2.42. The van der Waals surface area contributed by atoms with E-state index < -0.39 is 0 Å². The second-order valence-corrected chi connectivity index (χ2v) is 7.63. The molecule has 26 heavy (non-hydrogen) atoms. The summed E-state index contributed by atoms with van der Waals surface area (Å²) in [5.74, 6) is -0.104. The van der Waals surface area contributed by atoms with Crippen molar-refractivity contribution in [2.45, 2.75) is 38.1 Å². The highest BCUT2D eigenvalue weighted by Crippen LogP contribution is 2.48. The molecule has 0 radical (unpaired) electrons. The second kappa shape index (κ2) is 7.24. The lowest BCUT2D eigenvalue weighted by Gasteiger charge is -2.39. The number of nitrogens with zero attached hydrogens (tertiary/aromatic N) is 1. The van der Waals surface area contributed by atoms with Crippen LogP contribution in [-0.2, 0) is 27.9 Å². The van der Waals surface area contributed by atoms with E-state index >= 15 is 0 Å². The number of fused-ring (bicyclic) bond motifs is 2. The van der Waals surface area contributed by atoms with Crippen LogP contribution in [0.4, 0.5) is 0 Å². The van der Waals surface area contributed by atoms with Gasteiger partial charge in [-0.2, -0.15) is 0 Å². The van der Waals surface area contributed by atoms with Crippen molar-refractivity contribution in [3.8, 4) is 0 Å². The van der Waals surface area contributed by atoms with E-state index in [0.717, 1.165) is 38.9 Å². The van der Waals surface area contributed by atoms with Gasteiger partial charge in [-0.05, 0) is 42.9 Å². The third kappa shape index (κ3) is 3.05. The Morgan fingerprint density at radius 3 is 2.73 bits per heavy atom. The topological polar surface area (TPSA) is 29.5 Å². The van der Waals surface area contributed by atoms with Crippen molar-refractivity contribution in [2.24, 2.45) is 5.92 Å². The highest BCUT2D eigenvalue weighted by atomic mass is 16.5. The smallest absolute Gasteiger partial charge is 0.311 e. The molecule has 0 saturated carbocycles. The molecular weight excluding hydrogens is 322 g/mol. The zero-order valence-corrected chi connectivity index (χ0v) is 15.5. The molecule has 3 nitrogen and oxygen atoms in total. The first-order chi connectivity index (χ1) is 12.7. The fourth-order valence-electron chi connectivity index (χ4n) is 4.99. The molecule has 4 rings (SSSR count). The summed E-state index contributed by atoms with van der Waals surface area (Å²) in [6.07, 6.45) is 3.33. The van der Waals surface area contributed by atoms with E-state index in [2.05, 4.69) is 53.4 Å². The molecule has 2 aromatic rings. The number of esters is 1. The van der Waals surface area contributed by atoms with Gasteiger partial charge in [0.1, 0.15) is 0 Å². The molecule has 1 saturated heterocycles. The van der Waals surface area contributed by atoms with E-state index in [0.29, 0.717) is 6.61 Å². The van der Waals surface area contributed by atoms with Gasteiger partial charge >= 0.3 is 5.97 Å². The summed E-state index contributed by atoms with van der Waals surface area (Å²) in [6, 6.07) is 19.3.